The van der Waals surface area contributed by atoms with Crippen LogP contribution in [0, 0.1) is 0 Å². The monoisotopic (exact) mass is 214 g/mol. The van der Waals surface area contributed by atoms with Gasteiger partial charge in [-0.2, -0.15) is 0 Å². The summed E-state index contributed by atoms with van der Waals surface area (Å²) in [4.78, 5) is 0. The highest BCUT2D eigenvalue weighted by Gasteiger charge is 1.93. The molecule has 5 heteroatoms. The van der Waals surface area contributed by atoms with E-state index in [2.05, 4.69) is 27.8 Å². The number of aromatic nitrogens is 2. The first-order valence-electron chi connectivity index (χ1n) is 4.76. The van der Waals surface area contributed by atoms with Crippen molar-refractivity contribution in [3.8, 4) is 0 Å². The Morgan fingerprint density at radius 1 is 1.29 bits per heavy atom. The lowest BCUT2D eigenvalue weighted by atomic mass is 10.4. The fourth-order valence-corrected chi connectivity index (χ4v) is 1.12. The Bertz CT molecular complexity index is 249. The van der Waals surface area contributed by atoms with Crippen molar-refractivity contribution < 1.29 is 0 Å². The Kier molecular flexibility index (Phi) is 5.25. The van der Waals surface area contributed by atoms with E-state index < -0.39 is 0 Å². The van der Waals surface area contributed by atoms with Crippen LogP contribution in [-0.4, -0.2) is 29.8 Å². The first kappa shape index (κ1) is 11.2. The van der Waals surface area contributed by atoms with Crippen LogP contribution >= 0.6 is 11.6 Å². The summed E-state index contributed by atoms with van der Waals surface area (Å²) in [5.74, 6) is 0.769. The van der Waals surface area contributed by atoms with Crippen LogP contribution < -0.4 is 10.6 Å². The van der Waals surface area contributed by atoms with E-state index in [-0.39, 0.29) is 0 Å². The second kappa shape index (κ2) is 6.56. The van der Waals surface area contributed by atoms with Crippen LogP contribution in [0.5, 0.6) is 0 Å². The van der Waals surface area contributed by atoms with Gasteiger partial charge < -0.3 is 10.6 Å². The summed E-state index contributed by atoms with van der Waals surface area (Å²) in [6.45, 7) is 5.02. The molecule has 0 bridgehead atoms. The van der Waals surface area contributed by atoms with Crippen LogP contribution in [-0.2, 0) is 0 Å². The molecule has 0 aliphatic rings. The molecule has 1 rings (SSSR count). The summed E-state index contributed by atoms with van der Waals surface area (Å²) >= 11 is 5.60. The maximum absolute atomic E-state index is 5.60. The van der Waals surface area contributed by atoms with E-state index in [0.717, 1.165) is 31.9 Å². The van der Waals surface area contributed by atoms with Crippen molar-refractivity contribution in [2.75, 3.05) is 25.0 Å². The third-order valence-corrected chi connectivity index (χ3v) is 1.92. The van der Waals surface area contributed by atoms with Crippen LogP contribution in [0.4, 0.5) is 5.82 Å². The smallest absolute Gasteiger partial charge is 0.151 e. The van der Waals surface area contributed by atoms with Crippen LogP contribution in [0.15, 0.2) is 12.1 Å². The predicted octanol–water partition coefficient (Wildman–Crippen LogP) is 1.54. The van der Waals surface area contributed by atoms with Crippen LogP contribution in [0.1, 0.15) is 13.3 Å². The first-order chi connectivity index (χ1) is 6.83. The summed E-state index contributed by atoms with van der Waals surface area (Å²) < 4.78 is 0. The molecule has 0 atom stereocenters. The fourth-order valence-electron chi connectivity index (χ4n) is 1.02. The van der Waals surface area contributed by atoms with Gasteiger partial charge in [0.15, 0.2) is 5.15 Å². The molecule has 0 fully saturated rings. The number of hydrogen-bond acceptors (Lipinski definition) is 4. The molecule has 0 aromatic carbocycles. The van der Waals surface area contributed by atoms with Crippen molar-refractivity contribution in [1.29, 1.82) is 0 Å². The standard InChI is InChI=1S/C9H15ClN4/c1-2-11-6-3-7-12-9-5-4-8(10)13-14-9/h4-5,11H,2-3,6-7H2,1H3,(H,12,14). The Balaban J connectivity index is 2.15. The van der Waals surface area contributed by atoms with Crippen molar-refractivity contribution >= 4 is 17.4 Å². The third-order valence-electron chi connectivity index (χ3n) is 1.72. The second-order valence-electron chi connectivity index (χ2n) is 2.88. The normalized spacial score (nSPS) is 10.1. The number of halogens is 1. The molecule has 4 nitrogen and oxygen atoms in total. The zero-order valence-corrected chi connectivity index (χ0v) is 9.01. The highest BCUT2D eigenvalue weighted by molar-refractivity contribution is 6.29. The molecule has 0 aliphatic heterocycles. The lowest BCUT2D eigenvalue weighted by Gasteiger charge is -2.04. The zero-order valence-electron chi connectivity index (χ0n) is 8.26. The van der Waals surface area contributed by atoms with Gasteiger partial charge in [-0.25, -0.2) is 0 Å². The van der Waals surface area contributed by atoms with Crippen molar-refractivity contribution in [3.63, 3.8) is 0 Å². The minimum atomic E-state index is 0.420. The van der Waals surface area contributed by atoms with Crippen molar-refractivity contribution in [2.24, 2.45) is 0 Å². The summed E-state index contributed by atoms with van der Waals surface area (Å²) in [5, 5.41) is 14.4. The lowest BCUT2D eigenvalue weighted by Crippen LogP contribution is -2.17. The maximum Gasteiger partial charge on any atom is 0.151 e. The average molecular weight is 215 g/mol. The Morgan fingerprint density at radius 2 is 2.14 bits per heavy atom. The largest absolute Gasteiger partial charge is 0.369 e. The molecule has 1 aromatic rings. The molecule has 1 aromatic heterocycles. The minimum absolute atomic E-state index is 0.420. The van der Waals surface area contributed by atoms with E-state index in [1.54, 1.807) is 6.07 Å². The van der Waals surface area contributed by atoms with E-state index in [0.29, 0.717) is 5.15 Å². The maximum atomic E-state index is 5.60. The van der Waals surface area contributed by atoms with Crippen molar-refractivity contribution in [1.82, 2.24) is 15.5 Å². The minimum Gasteiger partial charge on any atom is -0.369 e. The van der Waals surface area contributed by atoms with Gasteiger partial charge in [0.1, 0.15) is 5.82 Å². The number of rotatable bonds is 6. The molecular weight excluding hydrogens is 200 g/mol. The van der Waals surface area contributed by atoms with Gasteiger partial charge in [0, 0.05) is 6.54 Å². The van der Waals surface area contributed by atoms with Gasteiger partial charge in [0.05, 0.1) is 0 Å². The number of nitrogens with one attached hydrogen (secondary N) is 2. The Labute approximate surface area is 89.1 Å². The van der Waals surface area contributed by atoms with Crippen LogP contribution in [0.25, 0.3) is 0 Å². The van der Waals surface area contributed by atoms with Gasteiger partial charge in [-0.1, -0.05) is 18.5 Å². The summed E-state index contributed by atoms with van der Waals surface area (Å²) in [7, 11) is 0. The highest BCUT2D eigenvalue weighted by atomic mass is 35.5. The summed E-state index contributed by atoms with van der Waals surface area (Å²) in [5.41, 5.74) is 0. The molecule has 0 amide bonds. The molecule has 78 valence electrons. The number of hydrogen-bond donors (Lipinski definition) is 2. The van der Waals surface area contributed by atoms with Crippen molar-refractivity contribution in [3.05, 3.63) is 17.3 Å². The number of anilines is 1. The topological polar surface area (TPSA) is 49.8 Å². The lowest BCUT2D eigenvalue weighted by molar-refractivity contribution is 0.687. The predicted molar refractivity (Wildman–Crippen MR) is 58.7 cm³/mol. The zero-order chi connectivity index (χ0) is 10.2. The Hall–Kier alpha value is -0.870. The van der Waals surface area contributed by atoms with E-state index >= 15 is 0 Å². The molecule has 2 N–H and O–H groups in total. The molecule has 0 spiro atoms. The van der Waals surface area contributed by atoms with Crippen molar-refractivity contribution in [2.45, 2.75) is 13.3 Å². The molecule has 1 heterocycles. The Morgan fingerprint density at radius 3 is 2.79 bits per heavy atom. The molecule has 0 aliphatic carbocycles. The number of nitrogens with zero attached hydrogens (tertiary/aromatic N) is 2. The van der Waals surface area contributed by atoms with Gasteiger partial charge >= 0.3 is 0 Å². The van der Waals surface area contributed by atoms with E-state index in [9.17, 15) is 0 Å². The average Bonchev–Trinajstić information content (AvgIpc) is 2.21. The molecule has 0 radical (unpaired) electrons. The highest BCUT2D eigenvalue weighted by Crippen LogP contribution is 2.05. The quantitative estimate of drug-likeness (QED) is 0.706. The van der Waals surface area contributed by atoms with E-state index in [1.165, 1.54) is 0 Å². The van der Waals surface area contributed by atoms with Gasteiger partial charge in [-0.3, -0.25) is 0 Å². The molecule has 14 heavy (non-hydrogen) atoms. The molecular formula is C9H15ClN4. The second-order valence-corrected chi connectivity index (χ2v) is 3.26. The van der Waals surface area contributed by atoms with E-state index in [4.69, 9.17) is 11.6 Å². The summed E-state index contributed by atoms with van der Waals surface area (Å²) in [6, 6.07) is 3.55. The first-order valence-corrected chi connectivity index (χ1v) is 5.14. The van der Waals surface area contributed by atoms with Gasteiger partial charge in [-0.05, 0) is 31.6 Å². The fraction of sp³-hybridized carbons (Fsp3) is 0.556. The van der Waals surface area contributed by atoms with Gasteiger partial charge in [0.25, 0.3) is 0 Å². The van der Waals surface area contributed by atoms with E-state index in [1.807, 2.05) is 6.07 Å². The molecule has 0 saturated carbocycles. The third kappa shape index (κ3) is 4.39. The van der Waals surface area contributed by atoms with Crippen LogP contribution in [0.3, 0.4) is 0 Å². The molecule has 0 unspecified atom stereocenters. The van der Waals surface area contributed by atoms with Gasteiger partial charge in [0.2, 0.25) is 0 Å². The SMILES string of the molecule is CCNCCCNc1ccc(Cl)nn1. The van der Waals surface area contributed by atoms with Gasteiger partial charge in [-0.15, -0.1) is 10.2 Å². The molecule has 0 saturated heterocycles. The van der Waals surface area contributed by atoms with Crippen LogP contribution in [0.2, 0.25) is 5.15 Å². The summed E-state index contributed by atoms with van der Waals surface area (Å²) in [6.07, 6.45) is 1.07.